The lowest BCUT2D eigenvalue weighted by molar-refractivity contribution is -0.115. The summed E-state index contributed by atoms with van der Waals surface area (Å²) < 4.78 is 0.668. The van der Waals surface area contributed by atoms with Crippen LogP contribution < -0.4 is 4.90 Å². The molecule has 1 aromatic rings. The number of Topliss-reactive ketones (excluding diaryl/α,β-unsaturated/α-hetero) is 1. The Morgan fingerprint density at radius 2 is 1.94 bits per heavy atom. The summed E-state index contributed by atoms with van der Waals surface area (Å²) >= 11 is 3.32. The van der Waals surface area contributed by atoms with E-state index >= 15 is 0 Å². The Bertz CT molecular complexity index is 499. The molecule has 1 atom stereocenters. The van der Waals surface area contributed by atoms with Crippen molar-refractivity contribution in [2.45, 2.75) is 13.1 Å². The molecule has 0 aliphatic carbocycles. The van der Waals surface area contributed by atoms with Crippen molar-refractivity contribution in [3.63, 3.8) is 0 Å². The first-order chi connectivity index (χ1) is 7.95. The summed E-state index contributed by atoms with van der Waals surface area (Å²) in [5.74, 6) is -0.908. The van der Waals surface area contributed by atoms with Gasteiger partial charge in [0.25, 0.3) is 5.78 Å². The quantitative estimate of drug-likeness (QED) is 0.783. The van der Waals surface area contributed by atoms with Crippen LogP contribution in [-0.2, 0) is 4.79 Å². The molecular formula is C12H13BrN2O2. The first-order valence-corrected chi connectivity index (χ1v) is 6.07. The van der Waals surface area contributed by atoms with Gasteiger partial charge in [0.1, 0.15) is 0 Å². The van der Waals surface area contributed by atoms with Gasteiger partial charge in [-0.2, -0.15) is 0 Å². The number of anilines is 1. The fourth-order valence-corrected chi connectivity index (χ4v) is 2.40. The number of hydrogen-bond donors (Lipinski definition) is 0. The topological polar surface area (TPSA) is 40.6 Å². The third-order valence-electron chi connectivity index (χ3n) is 3.01. The molecule has 0 N–H and O–H groups in total. The van der Waals surface area contributed by atoms with E-state index in [0.29, 0.717) is 15.7 Å². The van der Waals surface area contributed by atoms with E-state index in [1.54, 1.807) is 12.1 Å². The third-order valence-corrected chi connectivity index (χ3v) is 3.67. The highest BCUT2D eigenvalue weighted by Crippen LogP contribution is 2.35. The summed E-state index contributed by atoms with van der Waals surface area (Å²) in [7, 11) is 3.75. The van der Waals surface area contributed by atoms with Crippen LogP contribution in [0.1, 0.15) is 17.3 Å². The van der Waals surface area contributed by atoms with Crippen LogP contribution in [0.5, 0.6) is 0 Å². The summed E-state index contributed by atoms with van der Waals surface area (Å²) in [5, 5.41) is 0. The number of amides is 1. The number of hydrogen-bond acceptors (Lipinski definition) is 3. The van der Waals surface area contributed by atoms with Crippen LogP contribution in [-0.4, -0.2) is 36.9 Å². The molecule has 1 amide bonds. The van der Waals surface area contributed by atoms with Gasteiger partial charge in [-0.05, 0) is 49.1 Å². The van der Waals surface area contributed by atoms with E-state index in [9.17, 15) is 9.59 Å². The second-order valence-electron chi connectivity index (χ2n) is 4.23. The van der Waals surface area contributed by atoms with Gasteiger partial charge < -0.3 is 0 Å². The van der Waals surface area contributed by atoms with Gasteiger partial charge >= 0.3 is 5.91 Å². The number of halogens is 1. The van der Waals surface area contributed by atoms with E-state index in [4.69, 9.17) is 0 Å². The fraction of sp³-hybridized carbons (Fsp3) is 0.333. The Morgan fingerprint density at radius 3 is 2.53 bits per heavy atom. The molecule has 0 bridgehead atoms. The number of benzene rings is 1. The lowest BCUT2D eigenvalue weighted by Gasteiger charge is -2.29. The van der Waals surface area contributed by atoms with Crippen LogP contribution in [0.3, 0.4) is 0 Å². The van der Waals surface area contributed by atoms with Crippen LogP contribution >= 0.6 is 15.9 Å². The minimum atomic E-state index is -0.465. The molecule has 1 heterocycles. The summed E-state index contributed by atoms with van der Waals surface area (Å²) in [5.41, 5.74) is 1.14. The van der Waals surface area contributed by atoms with Crippen LogP contribution in [0.15, 0.2) is 22.7 Å². The number of fused-ring (bicyclic) bond motifs is 1. The standard InChI is InChI=1S/C12H13BrN2O2/c1-7(14(2)3)15-9-6-4-5-8(13)10(9)11(16)12(15)17/h4-7H,1-3H3. The van der Waals surface area contributed by atoms with Crippen LogP contribution in [0.25, 0.3) is 0 Å². The molecule has 2 rings (SSSR count). The average molecular weight is 297 g/mol. The van der Waals surface area contributed by atoms with Crippen molar-refractivity contribution in [1.82, 2.24) is 4.90 Å². The Kier molecular flexibility index (Phi) is 3.05. The van der Waals surface area contributed by atoms with Gasteiger partial charge in [-0.1, -0.05) is 6.07 Å². The Hall–Kier alpha value is -1.20. The van der Waals surface area contributed by atoms with Crippen molar-refractivity contribution in [2.75, 3.05) is 19.0 Å². The van der Waals surface area contributed by atoms with Crippen molar-refractivity contribution < 1.29 is 9.59 Å². The molecule has 0 saturated carbocycles. The molecular weight excluding hydrogens is 284 g/mol. The van der Waals surface area contributed by atoms with E-state index in [1.165, 1.54) is 4.90 Å². The molecule has 1 aliphatic heterocycles. The largest absolute Gasteiger partial charge is 0.300 e. The lowest BCUT2D eigenvalue weighted by Crippen LogP contribution is -2.45. The zero-order valence-electron chi connectivity index (χ0n) is 9.90. The van der Waals surface area contributed by atoms with E-state index < -0.39 is 11.7 Å². The van der Waals surface area contributed by atoms with Crippen LogP contribution in [0.4, 0.5) is 5.69 Å². The maximum absolute atomic E-state index is 12.0. The second kappa shape index (κ2) is 4.23. The molecule has 0 radical (unpaired) electrons. The van der Waals surface area contributed by atoms with Gasteiger partial charge in [-0.15, -0.1) is 0 Å². The van der Waals surface area contributed by atoms with Crippen LogP contribution in [0, 0.1) is 0 Å². The van der Waals surface area contributed by atoms with Crippen molar-refractivity contribution in [3.05, 3.63) is 28.2 Å². The molecule has 5 heteroatoms. The SMILES string of the molecule is CC(N(C)C)N1C(=O)C(=O)c2c(Br)cccc21. The molecule has 1 aromatic carbocycles. The van der Waals surface area contributed by atoms with E-state index in [1.807, 2.05) is 32.0 Å². The molecule has 0 spiro atoms. The van der Waals surface area contributed by atoms with Crippen molar-refractivity contribution in [2.24, 2.45) is 0 Å². The predicted octanol–water partition coefficient (Wildman–Crippen LogP) is 1.89. The van der Waals surface area contributed by atoms with Gasteiger partial charge in [0.2, 0.25) is 0 Å². The average Bonchev–Trinajstić information content (AvgIpc) is 2.52. The highest BCUT2D eigenvalue weighted by Gasteiger charge is 2.40. The molecule has 90 valence electrons. The van der Waals surface area contributed by atoms with Crippen molar-refractivity contribution in [3.8, 4) is 0 Å². The van der Waals surface area contributed by atoms with Gasteiger partial charge in [-0.3, -0.25) is 19.4 Å². The zero-order valence-corrected chi connectivity index (χ0v) is 11.5. The van der Waals surface area contributed by atoms with Crippen LogP contribution in [0.2, 0.25) is 0 Å². The molecule has 0 aromatic heterocycles. The molecule has 17 heavy (non-hydrogen) atoms. The molecule has 0 fully saturated rings. The Labute approximate surface area is 108 Å². The van der Waals surface area contributed by atoms with Gasteiger partial charge in [0.05, 0.1) is 17.4 Å². The summed E-state index contributed by atoms with van der Waals surface area (Å²) in [6, 6.07) is 5.39. The maximum atomic E-state index is 12.0. The number of carbonyl (C=O) groups is 2. The molecule has 1 aliphatic rings. The second-order valence-corrected chi connectivity index (χ2v) is 5.09. The molecule has 1 unspecified atom stereocenters. The van der Waals surface area contributed by atoms with Gasteiger partial charge in [0.15, 0.2) is 0 Å². The normalized spacial score (nSPS) is 16.6. The number of rotatable bonds is 2. The van der Waals surface area contributed by atoms with E-state index in [0.717, 1.165) is 0 Å². The first-order valence-electron chi connectivity index (χ1n) is 5.28. The fourth-order valence-electron chi connectivity index (χ4n) is 1.87. The summed E-state index contributed by atoms with van der Waals surface area (Å²) in [4.78, 5) is 27.3. The van der Waals surface area contributed by atoms with E-state index in [-0.39, 0.29) is 6.17 Å². The minimum absolute atomic E-state index is 0.151. The summed E-state index contributed by atoms with van der Waals surface area (Å²) in [6.45, 7) is 1.89. The Morgan fingerprint density at radius 1 is 1.29 bits per heavy atom. The maximum Gasteiger partial charge on any atom is 0.300 e. The lowest BCUT2D eigenvalue weighted by atomic mass is 10.1. The number of ketones is 1. The highest BCUT2D eigenvalue weighted by atomic mass is 79.9. The third kappa shape index (κ3) is 1.79. The monoisotopic (exact) mass is 296 g/mol. The van der Waals surface area contributed by atoms with Gasteiger partial charge in [-0.25, -0.2) is 0 Å². The van der Waals surface area contributed by atoms with E-state index in [2.05, 4.69) is 15.9 Å². The molecule has 4 nitrogen and oxygen atoms in total. The summed E-state index contributed by atoms with van der Waals surface area (Å²) in [6.07, 6.45) is -0.151. The Balaban J connectivity index is 2.56. The van der Waals surface area contributed by atoms with Crippen molar-refractivity contribution >= 4 is 33.3 Å². The predicted molar refractivity (Wildman–Crippen MR) is 69.1 cm³/mol. The smallest absolute Gasteiger partial charge is 0.289 e. The molecule has 0 saturated heterocycles. The highest BCUT2D eigenvalue weighted by molar-refractivity contribution is 9.10. The number of carbonyl (C=O) groups excluding carboxylic acids is 2. The zero-order chi connectivity index (χ0) is 12.7. The first kappa shape index (κ1) is 12.3. The number of nitrogens with zero attached hydrogens (tertiary/aromatic N) is 2. The van der Waals surface area contributed by atoms with Crippen molar-refractivity contribution in [1.29, 1.82) is 0 Å². The minimum Gasteiger partial charge on any atom is -0.289 e. The van der Waals surface area contributed by atoms with Gasteiger partial charge in [0, 0.05) is 4.47 Å².